The quantitative estimate of drug-likeness (QED) is 0.387. The van der Waals surface area contributed by atoms with Crippen LogP contribution in [0.25, 0.3) is 32.3 Å². The number of hydrogen-bond donors (Lipinski definition) is 0. The molecule has 0 unspecified atom stereocenters. The van der Waals surface area contributed by atoms with E-state index in [1.54, 1.807) is 33.0 Å². The van der Waals surface area contributed by atoms with Gasteiger partial charge in [-0.25, -0.2) is 0 Å². The van der Waals surface area contributed by atoms with Crippen LogP contribution in [0.1, 0.15) is 19.8 Å². The highest BCUT2D eigenvalue weighted by atomic mass is 16.5. The van der Waals surface area contributed by atoms with Crippen molar-refractivity contribution in [2.75, 3.05) is 28.4 Å². The molecule has 6 heteroatoms. The molecule has 0 aliphatic heterocycles. The number of rotatable bonds is 7. The smallest absolute Gasteiger partial charge is 0.259 e. The van der Waals surface area contributed by atoms with Gasteiger partial charge in [-0.1, -0.05) is 13.3 Å². The van der Waals surface area contributed by atoms with Gasteiger partial charge in [0, 0.05) is 12.7 Å². The van der Waals surface area contributed by atoms with Crippen LogP contribution in [0.4, 0.5) is 0 Å². The molecule has 0 atom stereocenters. The lowest BCUT2D eigenvalue weighted by Gasteiger charge is -2.17. The van der Waals surface area contributed by atoms with Gasteiger partial charge in [0.2, 0.25) is 0 Å². The summed E-state index contributed by atoms with van der Waals surface area (Å²) in [5.41, 5.74) is -0.0140. The molecule has 0 aliphatic carbocycles. The summed E-state index contributed by atoms with van der Waals surface area (Å²) in [7, 11) is 6.43. The zero-order valence-electron chi connectivity index (χ0n) is 18.6. The van der Waals surface area contributed by atoms with Gasteiger partial charge in [0.25, 0.3) is 5.56 Å². The Morgan fingerprint density at radius 3 is 1.65 bits per heavy atom. The number of benzene rings is 3. The third kappa shape index (κ3) is 3.32. The molecule has 0 radical (unpaired) electrons. The molecule has 4 rings (SSSR count). The number of aromatic nitrogens is 1. The lowest BCUT2D eigenvalue weighted by molar-refractivity contribution is 0.355. The number of methoxy groups -OCH3 is 4. The standard InChI is InChI=1S/C25H27NO5/c1-6-7-9-26-10-8-15-16-11-20(28-2)21(29-3)12-17(16)18-13-22(30-4)23(31-5)14-19(18)24(15)25(26)27/h8,10-14H,6-7,9H2,1-5H3. The van der Waals surface area contributed by atoms with E-state index in [9.17, 15) is 4.79 Å². The maximum absolute atomic E-state index is 13.6. The van der Waals surface area contributed by atoms with E-state index in [1.165, 1.54) is 0 Å². The molecular weight excluding hydrogens is 394 g/mol. The van der Waals surface area contributed by atoms with Gasteiger partial charge in [0.05, 0.1) is 33.8 Å². The van der Waals surface area contributed by atoms with E-state index in [2.05, 4.69) is 6.92 Å². The van der Waals surface area contributed by atoms with Crippen molar-refractivity contribution in [2.45, 2.75) is 26.3 Å². The second-order valence-corrected chi connectivity index (χ2v) is 7.46. The lowest BCUT2D eigenvalue weighted by atomic mass is 9.94. The Labute approximate surface area is 180 Å². The highest BCUT2D eigenvalue weighted by Gasteiger charge is 2.18. The summed E-state index contributed by atoms with van der Waals surface area (Å²) in [6.07, 6.45) is 3.84. The van der Waals surface area contributed by atoms with Crippen LogP contribution in [0.5, 0.6) is 23.0 Å². The fourth-order valence-corrected chi connectivity index (χ4v) is 4.20. The second kappa shape index (κ2) is 8.38. The summed E-state index contributed by atoms with van der Waals surface area (Å²) >= 11 is 0. The Balaban J connectivity index is 2.25. The van der Waals surface area contributed by atoms with Crippen molar-refractivity contribution in [3.63, 3.8) is 0 Å². The van der Waals surface area contributed by atoms with Crippen molar-refractivity contribution in [1.82, 2.24) is 4.57 Å². The van der Waals surface area contributed by atoms with Crippen molar-refractivity contribution >= 4 is 32.3 Å². The Morgan fingerprint density at radius 1 is 0.710 bits per heavy atom. The van der Waals surface area contributed by atoms with Crippen molar-refractivity contribution in [3.05, 3.63) is 46.9 Å². The van der Waals surface area contributed by atoms with Gasteiger partial charge in [-0.05, 0) is 63.7 Å². The molecule has 4 aromatic rings. The second-order valence-electron chi connectivity index (χ2n) is 7.46. The third-order valence-electron chi connectivity index (χ3n) is 5.81. The Hall–Kier alpha value is -3.41. The van der Waals surface area contributed by atoms with Gasteiger partial charge in [-0.2, -0.15) is 0 Å². The zero-order chi connectivity index (χ0) is 22.1. The molecule has 3 aromatic carbocycles. The van der Waals surface area contributed by atoms with E-state index in [-0.39, 0.29) is 5.56 Å². The molecule has 0 fully saturated rings. The third-order valence-corrected chi connectivity index (χ3v) is 5.81. The molecule has 0 saturated heterocycles. The molecule has 0 amide bonds. The van der Waals surface area contributed by atoms with Gasteiger partial charge in [0.1, 0.15) is 0 Å². The summed E-state index contributed by atoms with van der Waals surface area (Å²) in [4.78, 5) is 13.6. The van der Waals surface area contributed by atoms with Crippen LogP contribution in [0, 0.1) is 0 Å². The summed E-state index contributed by atoms with van der Waals surface area (Å²) in [6, 6.07) is 9.70. The fourth-order valence-electron chi connectivity index (χ4n) is 4.20. The zero-order valence-corrected chi connectivity index (χ0v) is 18.6. The predicted octanol–water partition coefficient (Wildman–Crippen LogP) is 5.14. The van der Waals surface area contributed by atoms with Crippen LogP contribution in [-0.4, -0.2) is 33.0 Å². The Morgan fingerprint density at radius 2 is 1.16 bits per heavy atom. The summed E-state index contributed by atoms with van der Waals surface area (Å²) in [5.74, 6) is 2.43. The molecular formula is C25H27NO5. The average molecular weight is 421 g/mol. The highest BCUT2D eigenvalue weighted by molar-refractivity contribution is 6.26. The topological polar surface area (TPSA) is 58.9 Å². The predicted molar refractivity (Wildman–Crippen MR) is 124 cm³/mol. The molecule has 0 aliphatic rings. The van der Waals surface area contributed by atoms with Crippen molar-refractivity contribution < 1.29 is 18.9 Å². The summed E-state index contributed by atoms with van der Waals surface area (Å²) in [5, 5.41) is 5.12. The van der Waals surface area contributed by atoms with Crippen LogP contribution < -0.4 is 24.5 Å². The first-order valence-electron chi connectivity index (χ1n) is 10.3. The molecule has 1 heterocycles. The number of pyridine rings is 1. The van der Waals surface area contributed by atoms with E-state index < -0.39 is 0 Å². The molecule has 0 N–H and O–H groups in total. The van der Waals surface area contributed by atoms with Gasteiger partial charge in [-0.15, -0.1) is 0 Å². The fraction of sp³-hybridized carbons (Fsp3) is 0.320. The summed E-state index contributed by atoms with van der Waals surface area (Å²) < 4.78 is 24.0. The first kappa shape index (κ1) is 20.8. The Kier molecular flexibility index (Phi) is 5.63. The van der Waals surface area contributed by atoms with Gasteiger partial charge in [0.15, 0.2) is 23.0 Å². The van der Waals surface area contributed by atoms with Crippen LogP contribution >= 0.6 is 0 Å². The average Bonchev–Trinajstić information content (AvgIpc) is 2.81. The number of aryl methyl sites for hydroxylation is 1. The number of unbranched alkanes of at least 4 members (excludes halogenated alkanes) is 1. The number of hydrogen-bond acceptors (Lipinski definition) is 5. The van der Waals surface area contributed by atoms with Crippen LogP contribution in [0.3, 0.4) is 0 Å². The summed E-state index contributed by atoms with van der Waals surface area (Å²) in [6.45, 7) is 2.80. The molecule has 0 bridgehead atoms. The Bertz CT molecular complexity index is 1340. The number of fused-ring (bicyclic) bond motifs is 6. The van der Waals surface area contributed by atoms with Gasteiger partial charge < -0.3 is 23.5 Å². The van der Waals surface area contributed by atoms with E-state index in [0.29, 0.717) is 34.9 Å². The minimum atomic E-state index is -0.0140. The minimum absolute atomic E-state index is 0.0140. The number of ether oxygens (including phenoxy) is 4. The molecule has 1 aromatic heterocycles. The van der Waals surface area contributed by atoms with E-state index in [0.717, 1.165) is 39.8 Å². The molecule has 0 spiro atoms. The van der Waals surface area contributed by atoms with Crippen LogP contribution in [-0.2, 0) is 6.54 Å². The lowest BCUT2D eigenvalue weighted by Crippen LogP contribution is -2.19. The van der Waals surface area contributed by atoms with Gasteiger partial charge >= 0.3 is 0 Å². The van der Waals surface area contributed by atoms with Crippen LogP contribution in [0.2, 0.25) is 0 Å². The molecule has 0 saturated carbocycles. The molecule has 162 valence electrons. The molecule has 6 nitrogen and oxygen atoms in total. The monoisotopic (exact) mass is 421 g/mol. The maximum Gasteiger partial charge on any atom is 0.259 e. The minimum Gasteiger partial charge on any atom is -0.493 e. The van der Waals surface area contributed by atoms with E-state index >= 15 is 0 Å². The van der Waals surface area contributed by atoms with Gasteiger partial charge in [-0.3, -0.25) is 4.79 Å². The van der Waals surface area contributed by atoms with E-state index in [4.69, 9.17) is 18.9 Å². The highest BCUT2D eigenvalue weighted by Crippen LogP contribution is 2.43. The first-order valence-corrected chi connectivity index (χ1v) is 10.3. The van der Waals surface area contributed by atoms with Crippen molar-refractivity contribution in [1.29, 1.82) is 0 Å². The maximum atomic E-state index is 13.6. The normalized spacial score (nSPS) is 11.3. The van der Waals surface area contributed by atoms with Crippen LogP contribution in [0.15, 0.2) is 41.3 Å². The number of nitrogens with zero attached hydrogens (tertiary/aromatic N) is 1. The van der Waals surface area contributed by atoms with E-state index in [1.807, 2.05) is 36.5 Å². The van der Waals surface area contributed by atoms with Crippen molar-refractivity contribution in [3.8, 4) is 23.0 Å². The molecule has 31 heavy (non-hydrogen) atoms. The largest absolute Gasteiger partial charge is 0.493 e. The SMILES string of the molecule is CCCCn1ccc2c3cc(OC)c(OC)cc3c3cc(OC)c(OC)cc3c2c1=O. The van der Waals surface area contributed by atoms with Crippen molar-refractivity contribution in [2.24, 2.45) is 0 Å². The first-order chi connectivity index (χ1) is 15.1.